The zero-order valence-corrected chi connectivity index (χ0v) is 14.9. The van der Waals surface area contributed by atoms with Crippen LogP contribution in [0.4, 0.5) is 0 Å². The number of unbranched alkanes of at least 4 members (excludes halogenated alkanes) is 2. The van der Waals surface area contributed by atoms with Gasteiger partial charge < -0.3 is 24.1 Å². The van der Waals surface area contributed by atoms with Gasteiger partial charge in [-0.05, 0) is 26.7 Å². The van der Waals surface area contributed by atoms with Crippen LogP contribution in [-0.2, 0) is 23.7 Å². The lowest BCUT2D eigenvalue weighted by Gasteiger charge is -2.32. The number of carbonyl (C=O) groups excluding carboxylic acids is 1. The molecular formula is C17H32O6. The highest BCUT2D eigenvalue weighted by molar-refractivity contribution is 5.65. The van der Waals surface area contributed by atoms with Gasteiger partial charge in [-0.15, -0.1) is 0 Å². The van der Waals surface area contributed by atoms with E-state index in [1.165, 1.54) is 0 Å². The third-order valence-corrected chi connectivity index (χ3v) is 3.74. The highest BCUT2D eigenvalue weighted by atomic mass is 16.7. The monoisotopic (exact) mass is 332 g/mol. The van der Waals surface area contributed by atoms with Crippen molar-refractivity contribution in [2.45, 2.75) is 77.0 Å². The van der Waals surface area contributed by atoms with Crippen LogP contribution in [0.2, 0.25) is 0 Å². The van der Waals surface area contributed by atoms with E-state index in [2.05, 4.69) is 13.8 Å². The Kier molecular flexibility index (Phi) is 8.64. The summed E-state index contributed by atoms with van der Waals surface area (Å²) in [4.78, 5) is 11.7. The summed E-state index contributed by atoms with van der Waals surface area (Å²) in [6.45, 7) is 8.67. The molecule has 0 aromatic rings. The van der Waals surface area contributed by atoms with E-state index in [1.807, 2.05) is 0 Å². The minimum atomic E-state index is -1.32. The van der Waals surface area contributed by atoms with E-state index in [0.717, 1.165) is 32.0 Å². The summed E-state index contributed by atoms with van der Waals surface area (Å²) < 4.78 is 22.8. The zero-order chi connectivity index (χ0) is 17.3. The van der Waals surface area contributed by atoms with Gasteiger partial charge in [-0.25, -0.2) is 0 Å². The summed E-state index contributed by atoms with van der Waals surface area (Å²) in [6, 6.07) is 0. The Bertz CT molecular complexity index is 340. The summed E-state index contributed by atoms with van der Waals surface area (Å²) >= 11 is 0. The van der Waals surface area contributed by atoms with Gasteiger partial charge in [-0.3, -0.25) is 4.79 Å². The lowest BCUT2D eigenvalue weighted by Crippen LogP contribution is -2.52. The van der Waals surface area contributed by atoms with E-state index in [1.54, 1.807) is 13.8 Å². The Labute approximate surface area is 139 Å². The average molecular weight is 332 g/mol. The van der Waals surface area contributed by atoms with Crippen molar-refractivity contribution in [1.82, 2.24) is 0 Å². The Hall–Kier alpha value is -0.530. The Morgan fingerprint density at radius 1 is 1.26 bits per heavy atom. The second kappa shape index (κ2) is 9.69. The standard InChI is InChI=1S/C17H32O6/c1-5-7-9-20-13-17(12-18)15(21-10-8-6-2)14(11-22-17)23-16(3,4)19/h12,14-15,19H,5-11,13H2,1-4H3/t14-,15?,17-/m1/s1. The molecule has 6 heteroatoms. The predicted molar refractivity (Wildman–Crippen MR) is 86.3 cm³/mol. The van der Waals surface area contributed by atoms with E-state index in [9.17, 15) is 9.90 Å². The van der Waals surface area contributed by atoms with Crippen LogP contribution in [0.15, 0.2) is 0 Å². The molecular weight excluding hydrogens is 300 g/mol. The minimum Gasteiger partial charge on any atom is -0.378 e. The van der Waals surface area contributed by atoms with Crippen molar-refractivity contribution in [2.24, 2.45) is 0 Å². The second-order valence-electron chi connectivity index (χ2n) is 6.54. The first-order valence-electron chi connectivity index (χ1n) is 8.58. The maximum absolute atomic E-state index is 11.7. The van der Waals surface area contributed by atoms with Crippen LogP contribution in [-0.4, -0.2) is 61.4 Å². The lowest BCUT2D eigenvalue weighted by atomic mass is 9.97. The fraction of sp³-hybridized carbons (Fsp3) is 0.941. The Morgan fingerprint density at radius 3 is 2.48 bits per heavy atom. The second-order valence-corrected chi connectivity index (χ2v) is 6.54. The maximum Gasteiger partial charge on any atom is 0.175 e. The summed E-state index contributed by atoms with van der Waals surface area (Å²) in [7, 11) is 0. The van der Waals surface area contributed by atoms with Crippen LogP contribution in [0.25, 0.3) is 0 Å². The van der Waals surface area contributed by atoms with E-state index >= 15 is 0 Å². The summed E-state index contributed by atoms with van der Waals surface area (Å²) in [6.07, 6.45) is 3.49. The van der Waals surface area contributed by atoms with E-state index in [0.29, 0.717) is 13.2 Å². The molecule has 1 aliphatic rings. The van der Waals surface area contributed by atoms with Gasteiger partial charge in [0.2, 0.25) is 0 Å². The molecule has 1 saturated heterocycles. The lowest BCUT2D eigenvalue weighted by molar-refractivity contribution is -0.225. The SMILES string of the molecule is CCCCOC[C@@]1(C=O)OC[C@@H](OC(C)(C)O)C1OCCCC. The maximum atomic E-state index is 11.7. The fourth-order valence-electron chi connectivity index (χ4n) is 2.53. The molecule has 23 heavy (non-hydrogen) atoms. The molecule has 0 saturated carbocycles. The number of aldehydes is 1. The zero-order valence-electron chi connectivity index (χ0n) is 14.9. The normalized spacial score (nSPS) is 28.2. The number of rotatable bonds is 12. The van der Waals surface area contributed by atoms with Crippen LogP contribution in [0, 0.1) is 0 Å². The van der Waals surface area contributed by atoms with Crippen molar-refractivity contribution in [3.63, 3.8) is 0 Å². The molecule has 1 aliphatic heterocycles. The molecule has 1 rings (SSSR count). The number of hydrogen-bond donors (Lipinski definition) is 1. The van der Waals surface area contributed by atoms with Gasteiger partial charge in [0.1, 0.15) is 12.2 Å². The van der Waals surface area contributed by atoms with Gasteiger partial charge in [0.25, 0.3) is 0 Å². The van der Waals surface area contributed by atoms with E-state index in [4.69, 9.17) is 18.9 Å². The quantitative estimate of drug-likeness (QED) is 0.335. The topological polar surface area (TPSA) is 74.2 Å². The van der Waals surface area contributed by atoms with Crippen molar-refractivity contribution in [3.8, 4) is 0 Å². The summed E-state index contributed by atoms with van der Waals surface area (Å²) in [5, 5.41) is 9.90. The van der Waals surface area contributed by atoms with Crippen molar-refractivity contribution < 1.29 is 28.8 Å². The molecule has 1 heterocycles. The molecule has 0 aromatic heterocycles. The molecule has 0 aliphatic carbocycles. The Balaban J connectivity index is 2.77. The third kappa shape index (κ3) is 6.47. The first-order valence-corrected chi connectivity index (χ1v) is 8.58. The van der Waals surface area contributed by atoms with Gasteiger partial charge in [0.15, 0.2) is 17.7 Å². The molecule has 6 nitrogen and oxygen atoms in total. The smallest absolute Gasteiger partial charge is 0.175 e. The van der Waals surface area contributed by atoms with Crippen LogP contribution in [0.1, 0.15) is 53.4 Å². The van der Waals surface area contributed by atoms with E-state index in [-0.39, 0.29) is 13.2 Å². The number of hydrogen-bond acceptors (Lipinski definition) is 6. The molecule has 0 radical (unpaired) electrons. The van der Waals surface area contributed by atoms with E-state index < -0.39 is 23.6 Å². The van der Waals surface area contributed by atoms with Crippen molar-refractivity contribution >= 4 is 6.29 Å². The van der Waals surface area contributed by atoms with Crippen molar-refractivity contribution in [2.75, 3.05) is 26.4 Å². The summed E-state index contributed by atoms with van der Waals surface area (Å²) in [5.74, 6) is -1.32. The molecule has 1 fully saturated rings. The number of ether oxygens (including phenoxy) is 4. The minimum absolute atomic E-state index is 0.138. The van der Waals surface area contributed by atoms with Gasteiger partial charge in [-0.1, -0.05) is 26.7 Å². The summed E-state index contributed by atoms with van der Waals surface area (Å²) in [5.41, 5.74) is -1.17. The molecule has 0 bridgehead atoms. The average Bonchev–Trinajstić information content (AvgIpc) is 2.81. The highest BCUT2D eigenvalue weighted by Crippen LogP contribution is 2.32. The molecule has 1 N–H and O–H groups in total. The molecule has 0 amide bonds. The molecule has 0 spiro atoms. The van der Waals surface area contributed by atoms with Crippen LogP contribution >= 0.6 is 0 Å². The first-order chi connectivity index (χ1) is 10.9. The van der Waals surface area contributed by atoms with Gasteiger partial charge in [-0.2, -0.15) is 0 Å². The first kappa shape index (κ1) is 20.5. The predicted octanol–water partition coefficient (Wildman–Crippen LogP) is 2.07. The molecule has 0 aromatic carbocycles. The van der Waals surface area contributed by atoms with Crippen molar-refractivity contribution in [3.05, 3.63) is 0 Å². The van der Waals surface area contributed by atoms with Gasteiger partial charge >= 0.3 is 0 Å². The number of aliphatic hydroxyl groups is 1. The van der Waals surface area contributed by atoms with Gasteiger partial charge in [0.05, 0.1) is 13.2 Å². The van der Waals surface area contributed by atoms with Crippen LogP contribution in [0.5, 0.6) is 0 Å². The van der Waals surface area contributed by atoms with Crippen LogP contribution in [0.3, 0.4) is 0 Å². The van der Waals surface area contributed by atoms with Crippen LogP contribution < -0.4 is 0 Å². The fourth-order valence-corrected chi connectivity index (χ4v) is 2.53. The van der Waals surface area contributed by atoms with Gasteiger partial charge in [0, 0.05) is 13.2 Å². The molecule has 1 unspecified atom stereocenters. The van der Waals surface area contributed by atoms with Crippen molar-refractivity contribution in [1.29, 1.82) is 0 Å². The highest BCUT2D eigenvalue weighted by Gasteiger charge is 2.53. The molecule has 136 valence electrons. The number of carbonyl (C=O) groups is 1. The largest absolute Gasteiger partial charge is 0.378 e. The third-order valence-electron chi connectivity index (χ3n) is 3.74. The molecule has 3 atom stereocenters. The Morgan fingerprint density at radius 2 is 1.91 bits per heavy atom.